The Bertz CT molecular complexity index is 36.8. The Labute approximate surface area is 56.2 Å². The van der Waals surface area contributed by atoms with Crippen LogP contribution in [0.15, 0.2) is 0 Å². The average Bonchev–Trinajstić information content (AvgIpc) is 2.00. The minimum atomic E-state index is 1.30. The SMILES string of the molecule is C1C[NH2+]CC[NH2+]CC[NH2+]1. The minimum Gasteiger partial charge on any atom is -0.337 e. The average molecular weight is 132 g/mol. The van der Waals surface area contributed by atoms with Gasteiger partial charge in [0.15, 0.2) is 0 Å². The lowest BCUT2D eigenvalue weighted by molar-refractivity contribution is -0.718. The predicted molar refractivity (Wildman–Crippen MR) is 35.0 cm³/mol. The van der Waals surface area contributed by atoms with Gasteiger partial charge in [-0.2, -0.15) is 0 Å². The van der Waals surface area contributed by atoms with Crippen molar-refractivity contribution in [2.24, 2.45) is 0 Å². The summed E-state index contributed by atoms with van der Waals surface area (Å²) in [5.74, 6) is 0. The zero-order valence-electron chi connectivity index (χ0n) is 5.97. The second-order valence-corrected chi connectivity index (χ2v) is 2.60. The van der Waals surface area contributed by atoms with Crippen molar-refractivity contribution >= 4 is 0 Å². The summed E-state index contributed by atoms with van der Waals surface area (Å²) in [4.78, 5) is 0. The Morgan fingerprint density at radius 3 is 0.889 bits per heavy atom. The van der Waals surface area contributed by atoms with E-state index in [0.717, 1.165) is 0 Å². The molecule has 6 N–H and O–H groups in total. The van der Waals surface area contributed by atoms with Crippen molar-refractivity contribution in [3.63, 3.8) is 0 Å². The van der Waals surface area contributed by atoms with E-state index in [1.54, 1.807) is 0 Å². The van der Waals surface area contributed by atoms with Crippen molar-refractivity contribution in [1.82, 2.24) is 0 Å². The maximum atomic E-state index is 2.40. The van der Waals surface area contributed by atoms with Gasteiger partial charge in [-0.1, -0.05) is 0 Å². The molecule has 1 aliphatic rings. The second kappa shape index (κ2) is 4.73. The van der Waals surface area contributed by atoms with E-state index in [9.17, 15) is 0 Å². The number of hydrogen-bond donors (Lipinski definition) is 3. The Kier molecular flexibility index (Phi) is 3.68. The summed E-state index contributed by atoms with van der Waals surface area (Å²) in [6.45, 7) is 7.80. The molecule has 0 bridgehead atoms. The van der Waals surface area contributed by atoms with Crippen LogP contribution in [-0.4, -0.2) is 39.3 Å². The maximum absolute atomic E-state index is 2.40. The molecule has 0 aromatic carbocycles. The third-order valence-electron chi connectivity index (χ3n) is 1.72. The third kappa shape index (κ3) is 3.46. The summed E-state index contributed by atoms with van der Waals surface area (Å²) in [6, 6.07) is 0. The topological polar surface area (TPSA) is 49.8 Å². The fourth-order valence-electron chi connectivity index (χ4n) is 1.14. The van der Waals surface area contributed by atoms with Gasteiger partial charge in [0.05, 0.1) is 0 Å². The van der Waals surface area contributed by atoms with Crippen LogP contribution in [0.4, 0.5) is 0 Å². The zero-order chi connectivity index (χ0) is 6.36. The molecule has 0 aromatic rings. The Balaban J connectivity index is 2.02. The van der Waals surface area contributed by atoms with Crippen molar-refractivity contribution in [2.45, 2.75) is 0 Å². The Morgan fingerprint density at radius 1 is 0.444 bits per heavy atom. The summed E-state index contributed by atoms with van der Waals surface area (Å²) in [5.41, 5.74) is 0. The van der Waals surface area contributed by atoms with Crippen molar-refractivity contribution in [1.29, 1.82) is 0 Å². The molecule has 1 saturated heterocycles. The zero-order valence-corrected chi connectivity index (χ0v) is 5.97. The van der Waals surface area contributed by atoms with Crippen LogP contribution in [0.2, 0.25) is 0 Å². The quantitative estimate of drug-likeness (QED) is 0.299. The number of nitrogens with two attached hydrogens (primary N) is 3. The second-order valence-electron chi connectivity index (χ2n) is 2.60. The molecule has 1 heterocycles. The van der Waals surface area contributed by atoms with Crippen LogP contribution in [0.5, 0.6) is 0 Å². The van der Waals surface area contributed by atoms with Gasteiger partial charge < -0.3 is 16.0 Å². The fourth-order valence-corrected chi connectivity index (χ4v) is 1.14. The molecule has 0 aliphatic carbocycles. The van der Waals surface area contributed by atoms with Gasteiger partial charge in [-0.25, -0.2) is 0 Å². The third-order valence-corrected chi connectivity index (χ3v) is 1.72. The van der Waals surface area contributed by atoms with Crippen molar-refractivity contribution in [3.05, 3.63) is 0 Å². The first-order chi connectivity index (χ1) is 4.50. The molecule has 0 aromatic heterocycles. The summed E-state index contributed by atoms with van der Waals surface area (Å²) < 4.78 is 0. The highest BCUT2D eigenvalue weighted by Crippen LogP contribution is 1.40. The molecule has 0 atom stereocenters. The van der Waals surface area contributed by atoms with E-state index in [1.165, 1.54) is 39.3 Å². The lowest BCUT2D eigenvalue weighted by Crippen LogP contribution is -2.94. The molecule has 3 heteroatoms. The van der Waals surface area contributed by atoms with Gasteiger partial charge in [0.25, 0.3) is 0 Å². The van der Waals surface area contributed by atoms with Gasteiger partial charge in [0.2, 0.25) is 0 Å². The van der Waals surface area contributed by atoms with Gasteiger partial charge >= 0.3 is 0 Å². The van der Waals surface area contributed by atoms with Crippen LogP contribution in [0.25, 0.3) is 0 Å². The van der Waals surface area contributed by atoms with Crippen LogP contribution in [0, 0.1) is 0 Å². The van der Waals surface area contributed by atoms with E-state index in [0.29, 0.717) is 0 Å². The molecule has 1 rings (SSSR count). The maximum Gasteiger partial charge on any atom is 0.125 e. The van der Waals surface area contributed by atoms with E-state index in [4.69, 9.17) is 0 Å². The van der Waals surface area contributed by atoms with Gasteiger partial charge in [-0.05, 0) is 0 Å². The van der Waals surface area contributed by atoms with Gasteiger partial charge in [-0.15, -0.1) is 0 Å². The molecule has 0 radical (unpaired) electrons. The molecule has 0 amide bonds. The molecular weight excluding hydrogens is 114 g/mol. The number of hydrogen-bond acceptors (Lipinski definition) is 0. The van der Waals surface area contributed by atoms with Gasteiger partial charge in [0, 0.05) is 0 Å². The molecule has 0 saturated carbocycles. The highest BCUT2D eigenvalue weighted by atomic mass is 15.0. The summed E-state index contributed by atoms with van der Waals surface area (Å²) in [7, 11) is 0. The largest absolute Gasteiger partial charge is 0.337 e. The molecule has 54 valence electrons. The number of rotatable bonds is 0. The van der Waals surface area contributed by atoms with E-state index in [-0.39, 0.29) is 0 Å². The van der Waals surface area contributed by atoms with Crippen LogP contribution >= 0.6 is 0 Å². The van der Waals surface area contributed by atoms with Crippen LogP contribution < -0.4 is 16.0 Å². The molecule has 0 spiro atoms. The minimum absolute atomic E-state index is 1.30. The lowest BCUT2D eigenvalue weighted by atomic mass is 10.6. The predicted octanol–water partition coefficient (Wildman–Crippen LogP) is -4.31. The summed E-state index contributed by atoms with van der Waals surface area (Å²) >= 11 is 0. The van der Waals surface area contributed by atoms with Crippen LogP contribution in [0.3, 0.4) is 0 Å². The molecule has 1 aliphatic heterocycles. The molecule has 9 heavy (non-hydrogen) atoms. The van der Waals surface area contributed by atoms with E-state index in [2.05, 4.69) is 16.0 Å². The number of quaternary nitrogens is 3. The van der Waals surface area contributed by atoms with Gasteiger partial charge in [0.1, 0.15) is 39.3 Å². The van der Waals surface area contributed by atoms with Crippen LogP contribution in [-0.2, 0) is 0 Å². The highest BCUT2D eigenvalue weighted by Gasteiger charge is 1.99. The molecule has 0 unspecified atom stereocenters. The fraction of sp³-hybridized carbons (Fsp3) is 1.00. The Hall–Kier alpha value is -0.120. The summed E-state index contributed by atoms with van der Waals surface area (Å²) in [6.07, 6.45) is 0. The monoisotopic (exact) mass is 132 g/mol. The van der Waals surface area contributed by atoms with Crippen molar-refractivity contribution in [3.8, 4) is 0 Å². The van der Waals surface area contributed by atoms with Gasteiger partial charge in [-0.3, -0.25) is 0 Å². The summed E-state index contributed by atoms with van der Waals surface area (Å²) in [5, 5.41) is 7.20. The van der Waals surface area contributed by atoms with Crippen LogP contribution in [0.1, 0.15) is 0 Å². The Morgan fingerprint density at radius 2 is 0.667 bits per heavy atom. The lowest BCUT2D eigenvalue weighted by Gasteiger charge is -1.93. The molecule has 1 fully saturated rings. The van der Waals surface area contributed by atoms with E-state index in [1.807, 2.05) is 0 Å². The standard InChI is InChI=1S/C6H15N3/c1-2-8-5-6-9-4-3-7-1/h7-9H,1-6H2/p+3. The molecular formula is C6H18N3+3. The first-order valence-corrected chi connectivity index (χ1v) is 3.95. The van der Waals surface area contributed by atoms with E-state index >= 15 is 0 Å². The highest BCUT2D eigenvalue weighted by molar-refractivity contribution is 4.23. The first kappa shape index (κ1) is 6.99. The normalized spacial score (nSPS) is 24.0. The molecule has 3 nitrogen and oxygen atoms in total. The van der Waals surface area contributed by atoms with Crippen molar-refractivity contribution in [2.75, 3.05) is 39.3 Å². The van der Waals surface area contributed by atoms with Crippen molar-refractivity contribution < 1.29 is 16.0 Å². The first-order valence-electron chi connectivity index (χ1n) is 3.95. The van der Waals surface area contributed by atoms with E-state index < -0.39 is 0 Å². The smallest absolute Gasteiger partial charge is 0.125 e.